The van der Waals surface area contributed by atoms with E-state index in [4.69, 9.17) is 9.94 Å². The number of carboxylic acids is 1. The summed E-state index contributed by atoms with van der Waals surface area (Å²) in [6, 6.07) is 0. The summed E-state index contributed by atoms with van der Waals surface area (Å²) >= 11 is 0. The van der Waals surface area contributed by atoms with Crippen molar-refractivity contribution >= 4 is 11.9 Å². The average molecular weight is 243 g/mol. The van der Waals surface area contributed by atoms with Gasteiger partial charge in [0.2, 0.25) is 5.91 Å². The van der Waals surface area contributed by atoms with Gasteiger partial charge < -0.3 is 5.11 Å². The summed E-state index contributed by atoms with van der Waals surface area (Å²) in [7, 11) is 0. The number of carboxylic acid groups (broad SMARTS) is 1. The first-order valence-electron chi connectivity index (χ1n) is 6.02. The van der Waals surface area contributed by atoms with Crippen LogP contribution in [0.1, 0.15) is 46.5 Å². The lowest BCUT2D eigenvalue weighted by Crippen LogP contribution is -2.42. The maximum Gasteiger partial charge on any atom is 0.307 e. The van der Waals surface area contributed by atoms with Crippen molar-refractivity contribution in [3.8, 4) is 0 Å². The first-order valence-corrected chi connectivity index (χ1v) is 6.02. The number of carbonyl (C=O) groups excluding carboxylic acids is 1. The summed E-state index contributed by atoms with van der Waals surface area (Å²) in [5.41, 5.74) is 1.91. The Morgan fingerprint density at radius 1 is 1.18 bits per heavy atom. The van der Waals surface area contributed by atoms with Gasteiger partial charge in [-0.2, -0.15) is 0 Å². The predicted molar refractivity (Wildman–Crippen MR) is 62.1 cm³/mol. The standard InChI is InChI=1S/C12H21NO4/c1-12(2,3)17-13-10(14)8-6-4-5-7-9(8)11(15)16/h8-9H,4-7H2,1-3H3,(H,13,14)(H,15,16)/t8-,9+/m1/s1. The van der Waals surface area contributed by atoms with Crippen molar-refractivity contribution in [2.75, 3.05) is 0 Å². The van der Waals surface area contributed by atoms with E-state index in [-0.39, 0.29) is 5.91 Å². The SMILES string of the molecule is CC(C)(C)ONC(=O)[C@@H]1CCCC[C@@H]1C(=O)O. The van der Waals surface area contributed by atoms with E-state index in [9.17, 15) is 9.59 Å². The Hall–Kier alpha value is -1.10. The summed E-state index contributed by atoms with van der Waals surface area (Å²) in [6.45, 7) is 5.47. The van der Waals surface area contributed by atoms with Crippen molar-refractivity contribution in [2.24, 2.45) is 11.8 Å². The molecule has 0 unspecified atom stereocenters. The van der Waals surface area contributed by atoms with Crippen molar-refractivity contribution < 1.29 is 19.5 Å². The quantitative estimate of drug-likeness (QED) is 0.740. The van der Waals surface area contributed by atoms with Crippen molar-refractivity contribution in [2.45, 2.75) is 52.1 Å². The van der Waals surface area contributed by atoms with Crippen molar-refractivity contribution in [3.05, 3.63) is 0 Å². The molecule has 2 N–H and O–H groups in total. The number of carbonyl (C=O) groups is 2. The fourth-order valence-corrected chi connectivity index (χ4v) is 2.02. The molecule has 1 saturated carbocycles. The van der Waals surface area contributed by atoms with E-state index in [1.807, 2.05) is 20.8 Å². The smallest absolute Gasteiger partial charge is 0.307 e. The van der Waals surface area contributed by atoms with E-state index < -0.39 is 23.4 Å². The second-order valence-electron chi connectivity index (χ2n) is 5.52. The zero-order chi connectivity index (χ0) is 13.1. The minimum Gasteiger partial charge on any atom is -0.481 e. The first kappa shape index (κ1) is 14.0. The summed E-state index contributed by atoms with van der Waals surface area (Å²) in [6.07, 6.45) is 2.97. The van der Waals surface area contributed by atoms with Gasteiger partial charge in [-0.05, 0) is 33.6 Å². The van der Waals surface area contributed by atoms with Gasteiger partial charge in [-0.1, -0.05) is 12.8 Å². The monoisotopic (exact) mass is 243 g/mol. The molecule has 0 aliphatic heterocycles. The molecule has 1 rings (SSSR count). The molecular formula is C12H21NO4. The molecule has 0 aromatic carbocycles. The van der Waals surface area contributed by atoms with E-state index >= 15 is 0 Å². The zero-order valence-electron chi connectivity index (χ0n) is 10.7. The van der Waals surface area contributed by atoms with Crippen LogP contribution in [0, 0.1) is 11.8 Å². The van der Waals surface area contributed by atoms with Gasteiger partial charge in [-0.3, -0.25) is 14.4 Å². The molecule has 0 spiro atoms. The minimum atomic E-state index is -0.888. The Bertz CT molecular complexity index is 295. The highest BCUT2D eigenvalue weighted by molar-refractivity contribution is 5.84. The van der Waals surface area contributed by atoms with Gasteiger partial charge in [0.25, 0.3) is 0 Å². The fourth-order valence-electron chi connectivity index (χ4n) is 2.02. The van der Waals surface area contributed by atoms with E-state index in [0.717, 1.165) is 12.8 Å². The minimum absolute atomic E-state index is 0.313. The largest absolute Gasteiger partial charge is 0.481 e. The van der Waals surface area contributed by atoms with Gasteiger partial charge in [0.05, 0.1) is 17.4 Å². The highest BCUT2D eigenvalue weighted by atomic mass is 16.7. The molecule has 0 radical (unpaired) electrons. The predicted octanol–water partition coefficient (Wildman–Crippen LogP) is 1.72. The average Bonchev–Trinajstić information content (AvgIpc) is 2.25. The van der Waals surface area contributed by atoms with Crippen LogP contribution in [-0.4, -0.2) is 22.6 Å². The van der Waals surface area contributed by atoms with Gasteiger partial charge in [-0.25, -0.2) is 5.48 Å². The second-order valence-corrected chi connectivity index (χ2v) is 5.52. The van der Waals surface area contributed by atoms with Crippen LogP contribution in [0.25, 0.3) is 0 Å². The normalized spacial score (nSPS) is 25.4. The molecular weight excluding hydrogens is 222 g/mol. The molecule has 5 nitrogen and oxygen atoms in total. The van der Waals surface area contributed by atoms with Crippen LogP contribution < -0.4 is 5.48 Å². The van der Waals surface area contributed by atoms with E-state index in [0.29, 0.717) is 12.8 Å². The van der Waals surface area contributed by atoms with Crippen LogP contribution in [-0.2, 0) is 14.4 Å². The first-order chi connectivity index (χ1) is 7.81. The zero-order valence-corrected chi connectivity index (χ0v) is 10.7. The van der Waals surface area contributed by atoms with Crippen molar-refractivity contribution in [3.63, 3.8) is 0 Å². The van der Waals surface area contributed by atoms with Crippen LogP contribution in [0.4, 0.5) is 0 Å². The number of rotatable bonds is 3. The van der Waals surface area contributed by atoms with Gasteiger partial charge in [-0.15, -0.1) is 0 Å². The third kappa shape index (κ3) is 4.34. The third-order valence-electron chi connectivity index (χ3n) is 2.88. The summed E-state index contributed by atoms with van der Waals surface area (Å²) in [5, 5.41) is 9.06. The number of amides is 1. The van der Waals surface area contributed by atoms with Crippen molar-refractivity contribution in [1.29, 1.82) is 0 Å². The number of aliphatic carboxylic acids is 1. The summed E-state index contributed by atoms with van der Waals surface area (Å²) in [4.78, 5) is 28.1. The molecule has 0 heterocycles. The highest BCUT2D eigenvalue weighted by Crippen LogP contribution is 2.30. The van der Waals surface area contributed by atoms with Crippen LogP contribution in [0.15, 0.2) is 0 Å². The Balaban J connectivity index is 2.56. The van der Waals surface area contributed by atoms with Gasteiger partial charge in [0, 0.05) is 0 Å². The molecule has 5 heteroatoms. The topological polar surface area (TPSA) is 75.6 Å². The number of hydrogen-bond acceptors (Lipinski definition) is 3. The summed E-state index contributed by atoms with van der Waals surface area (Å²) < 4.78 is 0. The number of hydrogen-bond donors (Lipinski definition) is 2. The van der Waals surface area contributed by atoms with Gasteiger partial charge in [0.1, 0.15) is 0 Å². The van der Waals surface area contributed by atoms with Crippen LogP contribution in [0.3, 0.4) is 0 Å². The number of hydroxylamine groups is 1. The van der Waals surface area contributed by atoms with E-state index in [1.54, 1.807) is 0 Å². The Morgan fingerprint density at radius 3 is 2.18 bits per heavy atom. The van der Waals surface area contributed by atoms with Crippen LogP contribution in [0.5, 0.6) is 0 Å². The highest BCUT2D eigenvalue weighted by Gasteiger charge is 2.36. The molecule has 1 aliphatic rings. The van der Waals surface area contributed by atoms with E-state index in [2.05, 4.69) is 5.48 Å². The number of nitrogens with one attached hydrogen (secondary N) is 1. The fraction of sp³-hybridized carbons (Fsp3) is 0.833. The maximum atomic E-state index is 11.9. The van der Waals surface area contributed by atoms with Gasteiger partial charge >= 0.3 is 5.97 Å². The van der Waals surface area contributed by atoms with Crippen LogP contribution >= 0.6 is 0 Å². The molecule has 1 fully saturated rings. The lowest BCUT2D eigenvalue weighted by Gasteiger charge is -2.28. The van der Waals surface area contributed by atoms with Crippen LogP contribution in [0.2, 0.25) is 0 Å². The lowest BCUT2D eigenvalue weighted by molar-refractivity contribution is -0.159. The molecule has 0 aromatic heterocycles. The Labute approximate surface area is 101 Å². The Kier molecular flexibility index (Phi) is 4.51. The van der Waals surface area contributed by atoms with Crippen molar-refractivity contribution in [1.82, 2.24) is 5.48 Å². The molecule has 1 amide bonds. The molecule has 2 atom stereocenters. The second kappa shape index (κ2) is 5.49. The maximum absolute atomic E-state index is 11.9. The third-order valence-corrected chi connectivity index (χ3v) is 2.88. The van der Waals surface area contributed by atoms with Gasteiger partial charge in [0.15, 0.2) is 0 Å². The molecule has 0 saturated heterocycles. The Morgan fingerprint density at radius 2 is 1.71 bits per heavy atom. The molecule has 98 valence electrons. The lowest BCUT2D eigenvalue weighted by atomic mass is 9.79. The molecule has 0 aromatic rings. The van der Waals surface area contributed by atoms with E-state index in [1.165, 1.54) is 0 Å². The molecule has 1 aliphatic carbocycles. The molecule has 17 heavy (non-hydrogen) atoms. The summed E-state index contributed by atoms with van der Waals surface area (Å²) in [5.74, 6) is -2.25. The molecule has 0 bridgehead atoms.